The zero-order valence-electron chi connectivity index (χ0n) is 11.7. The summed E-state index contributed by atoms with van der Waals surface area (Å²) in [4.78, 5) is 11.9. The smallest absolute Gasteiger partial charge is 0.225 e. The highest BCUT2D eigenvalue weighted by Gasteiger charge is 2.16. The molecule has 1 amide bonds. The molecule has 0 spiro atoms. The maximum atomic E-state index is 11.9. The van der Waals surface area contributed by atoms with Gasteiger partial charge >= 0.3 is 0 Å². The minimum atomic E-state index is -0.0132. The zero-order valence-corrected chi connectivity index (χ0v) is 11.7. The van der Waals surface area contributed by atoms with Crippen LogP contribution in [-0.2, 0) is 4.79 Å². The van der Waals surface area contributed by atoms with E-state index in [1.165, 1.54) is 0 Å². The third-order valence-corrected chi connectivity index (χ3v) is 3.12. The van der Waals surface area contributed by atoms with Crippen molar-refractivity contribution >= 4 is 11.7 Å². The molecule has 4 N–H and O–H groups in total. The van der Waals surface area contributed by atoms with Gasteiger partial charge in [0.2, 0.25) is 5.91 Å². The fourth-order valence-electron chi connectivity index (χ4n) is 1.98. The van der Waals surface area contributed by atoms with Crippen LogP contribution in [0.15, 0.2) is 0 Å². The molecule has 0 aliphatic carbocycles. The Morgan fingerprint density at radius 3 is 2.56 bits per heavy atom. The number of H-pyrrole nitrogens is 1. The van der Waals surface area contributed by atoms with Gasteiger partial charge in [0.25, 0.3) is 0 Å². The Kier molecular flexibility index (Phi) is 5.34. The summed E-state index contributed by atoms with van der Waals surface area (Å²) in [5, 5.41) is 9.75. The number of hydrogen-bond donors (Lipinski definition) is 3. The van der Waals surface area contributed by atoms with E-state index >= 15 is 0 Å². The number of aryl methyl sites for hydroxylation is 1. The Bertz CT molecular complexity index is 398. The standard InChI is InChI=1S/C13H24N4O/c1-8(2)5-11(7-14)6-12(18)15-13-9(3)10(4)16-17-13/h8,11H,5-7,14H2,1-4H3,(H2,15,16,17,18). The van der Waals surface area contributed by atoms with Crippen molar-refractivity contribution in [1.82, 2.24) is 10.2 Å². The van der Waals surface area contributed by atoms with Gasteiger partial charge in [-0.25, -0.2) is 0 Å². The van der Waals surface area contributed by atoms with E-state index in [0.29, 0.717) is 24.7 Å². The number of aromatic nitrogens is 2. The summed E-state index contributed by atoms with van der Waals surface area (Å²) in [7, 11) is 0. The van der Waals surface area contributed by atoms with Crippen molar-refractivity contribution in [1.29, 1.82) is 0 Å². The Morgan fingerprint density at radius 1 is 1.44 bits per heavy atom. The summed E-state index contributed by atoms with van der Waals surface area (Å²) in [5.41, 5.74) is 7.65. The summed E-state index contributed by atoms with van der Waals surface area (Å²) in [5.74, 6) is 1.41. The van der Waals surface area contributed by atoms with Crippen molar-refractivity contribution in [2.24, 2.45) is 17.6 Å². The van der Waals surface area contributed by atoms with Crippen molar-refractivity contribution in [2.45, 2.75) is 40.5 Å². The van der Waals surface area contributed by atoms with Gasteiger partial charge in [-0.05, 0) is 38.6 Å². The predicted molar refractivity (Wildman–Crippen MR) is 73.3 cm³/mol. The van der Waals surface area contributed by atoms with Crippen LogP contribution in [0.1, 0.15) is 37.9 Å². The molecule has 18 heavy (non-hydrogen) atoms. The van der Waals surface area contributed by atoms with Gasteiger partial charge in [0.15, 0.2) is 5.82 Å². The molecular formula is C13H24N4O. The summed E-state index contributed by atoms with van der Waals surface area (Å²) < 4.78 is 0. The molecule has 0 aliphatic heterocycles. The molecule has 1 atom stereocenters. The normalized spacial score (nSPS) is 12.8. The van der Waals surface area contributed by atoms with Gasteiger partial charge in [0.1, 0.15) is 0 Å². The number of carbonyl (C=O) groups is 1. The van der Waals surface area contributed by atoms with Gasteiger partial charge in [-0.1, -0.05) is 13.8 Å². The quantitative estimate of drug-likeness (QED) is 0.723. The van der Waals surface area contributed by atoms with Crippen molar-refractivity contribution in [3.05, 3.63) is 11.3 Å². The number of nitrogens with two attached hydrogens (primary N) is 1. The van der Waals surface area contributed by atoms with Crippen molar-refractivity contribution in [3.63, 3.8) is 0 Å². The van der Waals surface area contributed by atoms with Crippen LogP contribution in [0.5, 0.6) is 0 Å². The number of nitrogens with zero attached hydrogens (tertiary/aromatic N) is 1. The van der Waals surface area contributed by atoms with Gasteiger partial charge in [-0.2, -0.15) is 5.10 Å². The summed E-state index contributed by atoms with van der Waals surface area (Å²) >= 11 is 0. The zero-order chi connectivity index (χ0) is 13.7. The van der Waals surface area contributed by atoms with E-state index in [1.807, 2.05) is 13.8 Å². The number of amides is 1. The average Bonchev–Trinajstić information content (AvgIpc) is 2.59. The molecule has 0 saturated heterocycles. The Labute approximate surface area is 109 Å². The van der Waals surface area contributed by atoms with Gasteiger partial charge in [-0.3, -0.25) is 9.89 Å². The largest absolute Gasteiger partial charge is 0.330 e. The first-order valence-electron chi connectivity index (χ1n) is 6.45. The molecule has 0 saturated carbocycles. The van der Waals surface area contributed by atoms with Crippen LogP contribution in [0.2, 0.25) is 0 Å². The fraction of sp³-hybridized carbons (Fsp3) is 0.692. The van der Waals surface area contributed by atoms with E-state index in [2.05, 4.69) is 29.4 Å². The number of carbonyl (C=O) groups excluding carboxylic acids is 1. The highest BCUT2D eigenvalue weighted by molar-refractivity contribution is 5.90. The van der Waals surface area contributed by atoms with Gasteiger partial charge in [-0.15, -0.1) is 0 Å². The number of rotatable bonds is 6. The number of aromatic amines is 1. The third-order valence-electron chi connectivity index (χ3n) is 3.12. The fourth-order valence-corrected chi connectivity index (χ4v) is 1.98. The van der Waals surface area contributed by atoms with E-state index < -0.39 is 0 Å². The highest BCUT2D eigenvalue weighted by atomic mass is 16.1. The van der Waals surface area contributed by atoms with Crippen molar-refractivity contribution in [2.75, 3.05) is 11.9 Å². The lowest BCUT2D eigenvalue weighted by molar-refractivity contribution is -0.117. The van der Waals surface area contributed by atoms with Crippen LogP contribution >= 0.6 is 0 Å². The molecule has 0 fully saturated rings. The van der Waals surface area contributed by atoms with Crippen LogP contribution in [0.25, 0.3) is 0 Å². The number of nitrogens with one attached hydrogen (secondary N) is 2. The first kappa shape index (κ1) is 14.7. The lowest BCUT2D eigenvalue weighted by Crippen LogP contribution is -2.23. The second kappa shape index (κ2) is 6.54. The average molecular weight is 252 g/mol. The molecule has 1 aromatic heterocycles. The second-order valence-electron chi connectivity index (χ2n) is 5.31. The monoisotopic (exact) mass is 252 g/mol. The van der Waals surface area contributed by atoms with Crippen molar-refractivity contribution < 1.29 is 4.79 Å². The molecule has 1 heterocycles. The van der Waals surface area contributed by atoms with Gasteiger partial charge in [0.05, 0.1) is 0 Å². The van der Waals surface area contributed by atoms with Gasteiger partial charge in [0, 0.05) is 17.7 Å². The van der Waals surface area contributed by atoms with Gasteiger partial charge < -0.3 is 11.1 Å². The lowest BCUT2D eigenvalue weighted by Gasteiger charge is -2.16. The van der Waals surface area contributed by atoms with E-state index in [9.17, 15) is 4.79 Å². The van der Waals surface area contributed by atoms with E-state index in [0.717, 1.165) is 17.7 Å². The Hall–Kier alpha value is -1.36. The molecule has 0 aromatic carbocycles. The third kappa shape index (κ3) is 4.14. The molecule has 1 rings (SSSR count). The Morgan fingerprint density at radius 2 is 2.11 bits per heavy atom. The first-order valence-corrected chi connectivity index (χ1v) is 6.45. The van der Waals surface area contributed by atoms with Crippen LogP contribution < -0.4 is 11.1 Å². The van der Waals surface area contributed by atoms with Crippen LogP contribution in [0, 0.1) is 25.7 Å². The highest BCUT2D eigenvalue weighted by Crippen LogP contribution is 2.17. The van der Waals surface area contributed by atoms with E-state index in [-0.39, 0.29) is 11.8 Å². The molecular weight excluding hydrogens is 228 g/mol. The lowest BCUT2D eigenvalue weighted by atomic mass is 9.94. The topological polar surface area (TPSA) is 83.8 Å². The molecule has 0 aliphatic rings. The summed E-state index contributed by atoms with van der Waals surface area (Å²) in [6.45, 7) is 8.69. The van der Waals surface area contributed by atoms with E-state index in [4.69, 9.17) is 5.73 Å². The minimum Gasteiger partial charge on any atom is -0.330 e. The van der Waals surface area contributed by atoms with Crippen LogP contribution in [0.4, 0.5) is 5.82 Å². The predicted octanol–water partition coefficient (Wildman–Crippen LogP) is 1.98. The maximum Gasteiger partial charge on any atom is 0.225 e. The molecule has 1 unspecified atom stereocenters. The number of hydrogen-bond acceptors (Lipinski definition) is 3. The van der Waals surface area contributed by atoms with E-state index in [1.54, 1.807) is 0 Å². The second-order valence-corrected chi connectivity index (χ2v) is 5.31. The minimum absolute atomic E-state index is 0.0132. The van der Waals surface area contributed by atoms with Crippen LogP contribution in [-0.4, -0.2) is 22.6 Å². The van der Waals surface area contributed by atoms with Crippen molar-refractivity contribution in [3.8, 4) is 0 Å². The summed E-state index contributed by atoms with van der Waals surface area (Å²) in [6, 6.07) is 0. The number of anilines is 1. The molecule has 0 bridgehead atoms. The molecule has 5 heteroatoms. The molecule has 102 valence electrons. The molecule has 1 aromatic rings. The first-order chi connectivity index (χ1) is 8.43. The maximum absolute atomic E-state index is 11.9. The van der Waals surface area contributed by atoms with Crippen LogP contribution in [0.3, 0.4) is 0 Å². The molecule has 5 nitrogen and oxygen atoms in total. The summed E-state index contributed by atoms with van der Waals surface area (Å²) in [6.07, 6.45) is 1.43. The molecule has 0 radical (unpaired) electrons. The SMILES string of the molecule is Cc1[nH]nc(NC(=O)CC(CN)CC(C)C)c1C. The Balaban J connectivity index is 2.53.